The molecule has 0 spiro atoms. The quantitative estimate of drug-likeness (QED) is 0.440. The van der Waals surface area contributed by atoms with E-state index in [1.165, 1.54) is 0 Å². The van der Waals surface area contributed by atoms with Gasteiger partial charge in [0.15, 0.2) is 0 Å². The number of aromatic amines is 1. The van der Waals surface area contributed by atoms with Crippen molar-refractivity contribution < 1.29 is 4.21 Å². The van der Waals surface area contributed by atoms with E-state index in [0.29, 0.717) is 16.7 Å². The fraction of sp³-hybridized carbons (Fsp3) is 0.143. The van der Waals surface area contributed by atoms with E-state index < -0.39 is 9.73 Å². The monoisotopic (exact) mass is 425 g/mol. The van der Waals surface area contributed by atoms with Gasteiger partial charge in [0, 0.05) is 56.8 Å². The lowest BCUT2D eigenvalue weighted by molar-refractivity contribution is 0.684. The van der Waals surface area contributed by atoms with E-state index in [4.69, 9.17) is 16.6 Å². The number of nitrogens with one attached hydrogen (secondary N) is 2. The predicted octanol–water partition coefficient (Wildman–Crippen LogP) is 5.69. The second-order valence-corrected chi connectivity index (χ2v) is 9.99. The highest BCUT2D eigenvalue weighted by molar-refractivity contribution is 7.92. The maximum Gasteiger partial charge on any atom is 0.227 e. The van der Waals surface area contributed by atoms with E-state index in [9.17, 15) is 4.21 Å². The molecule has 148 valence electrons. The third kappa shape index (κ3) is 4.26. The zero-order valence-corrected chi connectivity index (χ0v) is 17.8. The van der Waals surface area contributed by atoms with Crippen LogP contribution in [0.3, 0.4) is 0 Å². The average Bonchev–Trinajstić information content (AvgIpc) is 3.09. The molecule has 0 fully saturated rings. The van der Waals surface area contributed by atoms with E-state index >= 15 is 0 Å². The van der Waals surface area contributed by atoms with Gasteiger partial charge < -0.3 is 10.3 Å². The number of nitrogens with zero attached hydrogens (tertiary/aromatic N) is 3. The molecule has 29 heavy (non-hydrogen) atoms. The minimum absolute atomic E-state index is 0.412. The smallest absolute Gasteiger partial charge is 0.227 e. The van der Waals surface area contributed by atoms with Gasteiger partial charge in [-0.2, -0.15) is 4.36 Å². The first-order valence-electron chi connectivity index (χ1n) is 8.94. The van der Waals surface area contributed by atoms with Crippen LogP contribution in [-0.2, 0) is 9.73 Å². The summed E-state index contributed by atoms with van der Waals surface area (Å²) in [5, 5.41) is 4.70. The lowest BCUT2D eigenvalue weighted by Crippen LogP contribution is -2.00. The molecule has 0 aliphatic heterocycles. The molecule has 4 rings (SSSR count). The second-order valence-electron chi connectivity index (χ2n) is 7.04. The van der Waals surface area contributed by atoms with Crippen LogP contribution in [0.25, 0.3) is 22.2 Å². The topological polar surface area (TPSA) is 83.0 Å². The predicted molar refractivity (Wildman–Crippen MR) is 121 cm³/mol. The highest BCUT2D eigenvalue weighted by atomic mass is 35.5. The van der Waals surface area contributed by atoms with Crippen LogP contribution >= 0.6 is 11.6 Å². The molecule has 0 saturated carbocycles. The number of para-hydroxylation sites is 1. The van der Waals surface area contributed by atoms with E-state index in [-0.39, 0.29) is 0 Å². The third-order valence-corrected chi connectivity index (χ3v) is 5.28. The summed E-state index contributed by atoms with van der Waals surface area (Å²) in [5.41, 5.74) is 5.14. The van der Waals surface area contributed by atoms with Crippen LogP contribution in [0.5, 0.6) is 0 Å². The Kier molecular flexibility index (Phi) is 5.02. The molecule has 0 aliphatic carbocycles. The molecule has 4 aromatic rings. The van der Waals surface area contributed by atoms with Crippen molar-refractivity contribution in [1.82, 2.24) is 15.0 Å². The van der Waals surface area contributed by atoms with Gasteiger partial charge >= 0.3 is 0 Å². The number of anilines is 2. The second kappa shape index (κ2) is 7.50. The van der Waals surface area contributed by atoms with Crippen LogP contribution < -0.4 is 5.32 Å². The summed E-state index contributed by atoms with van der Waals surface area (Å²) in [4.78, 5) is 12.4. The number of H-pyrrole nitrogens is 1. The van der Waals surface area contributed by atoms with Crippen molar-refractivity contribution in [2.24, 2.45) is 4.36 Å². The summed E-state index contributed by atoms with van der Waals surface area (Å²) in [7, 11) is -2.28. The Bertz CT molecular complexity index is 1330. The van der Waals surface area contributed by atoms with Gasteiger partial charge in [-0.05, 0) is 36.8 Å². The minimum Gasteiger partial charge on any atom is -0.360 e. The van der Waals surface area contributed by atoms with Crippen LogP contribution in [0, 0.1) is 6.92 Å². The standard InChI is InChI=1S/C21H20ClN5OS/c1-13-11-24-21(25-14-8-9-19(17(22)10-14)27-29(2,3)28)26-20(13)16-12-23-18-7-5-4-6-15(16)18/h4-12,23H,1-3H3,(H,24,25,26). The van der Waals surface area contributed by atoms with Crippen molar-refractivity contribution in [2.75, 3.05) is 17.8 Å². The minimum atomic E-state index is -2.28. The zero-order valence-electron chi connectivity index (χ0n) is 16.2. The summed E-state index contributed by atoms with van der Waals surface area (Å²) in [6.45, 7) is 1.99. The molecule has 2 aromatic heterocycles. The number of halogens is 1. The Morgan fingerprint density at radius 2 is 1.97 bits per heavy atom. The maximum atomic E-state index is 11.9. The SMILES string of the molecule is Cc1cnc(Nc2ccc(N=S(C)(C)=O)c(Cl)c2)nc1-c1c[nH]c2ccccc12. The van der Waals surface area contributed by atoms with Crippen molar-refractivity contribution >= 4 is 49.6 Å². The number of aryl methyl sites for hydroxylation is 1. The summed E-state index contributed by atoms with van der Waals surface area (Å²) < 4.78 is 16.1. The Labute approximate surface area is 174 Å². The number of fused-ring (bicyclic) bond motifs is 1. The number of hydrogen-bond acceptors (Lipinski definition) is 5. The van der Waals surface area contributed by atoms with E-state index in [2.05, 4.69) is 25.7 Å². The molecule has 0 radical (unpaired) electrons. The van der Waals surface area contributed by atoms with E-state index in [0.717, 1.165) is 33.4 Å². The van der Waals surface area contributed by atoms with Crippen molar-refractivity contribution in [1.29, 1.82) is 0 Å². The summed E-state index contributed by atoms with van der Waals surface area (Å²) in [6, 6.07) is 13.4. The van der Waals surface area contributed by atoms with Gasteiger partial charge in [-0.3, -0.25) is 0 Å². The molecule has 2 aromatic carbocycles. The molecular weight excluding hydrogens is 406 g/mol. The molecule has 0 amide bonds. The van der Waals surface area contributed by atoms with Crippen molar-refractivity contribution in [3.8, 4) is 11.3 Å². The largest absolute Gasteiger partial charge is 0.360 e. The number of aromatic nitrogens is 3. The Hall–Kier alpha value is -2.90. The molecule has 0 saturated heterocycles. The lowest BCUT2D eigenvalue weighted by atomic mass is 10.1. The average molecular weight is 426 g/mol. The molecule has 6 nitrogen and oxygen atoms in total. The number of benzene rings is 2. The van der Waals surface area contributed by atoms with Gasteiger partial charge in [0.2, 0.25) is 5.95 Å². The van der Waals surface area contributed by atoms with Crippen molar-refractivity contribution in [2.45, 2.75) is 6.92 Å². The fourth-order valence-corrected chi connectivity index (χ4v) is 3.97. The first kappa shape index (κ1) is 19.4. The first-order valence-corrected chi connectivity index (χ1v) is 11.6. The molecule has 0 aliphatic rings. The summed E-state index contributed by atoms with van der Waals surface area (Å²) in [5.74, 6) is 0.464. The highest BCUT2D eigenvalue weighted by Gasteiger charge is 2.12. The first-order chi connectivity index (χ1) is 13.8. The van der Waals surface area contributed by atoms with Gasteiger partial charge in [0.1, 0.15) is 0 Å². The Morgan fingerprint density at radius 1 is 1.17 bits per heavy atom. The van der Waals surface area contributed by atoms with Gasteiger partial charge in [0.05, 0.1) is 16.4 Å². The molecule has 0 atom stereocenters. The van der Waals surface area contributed by atoms with Crippen molar-refractivity contribution in [3.63, 3.8) is 0 Å². The third-order valence-electron chi connectivity index (χ3n) is 4.34. The van der Waals surface area contributed by atoms with E-state index in [1.807, 2.05) is 37.4 Å². The zero-order chi connectivity index (χ0) is 20.6. The van der Waals surface area contributed by atoms with Crippen LogP contribution in [-0.4, -0.2) is 31.7 Å². The molecule has 0 unspecified atom stereocenters. The van der Waals surface area contributed by atoms with Crippen LogP contribution in [0.15, 0.2) is 59.2 Å². The fourth-order valence-electron chi connectivity index (χ4n) is 3.07. The summed E-state index contributed by atoms with van der Waals surface area (Å²) >= 11 is 6.30. The van der Waals surface area contributed by atoms with Gasteiger partial charge in [-0.1, -0.05) is 29.8 Å². The summed E-state index contributed by atoms with van der Waals surface area (Å²) in [6.07, 6.45) is 6.90. The van der Waals surface area contributed by atoms with Gasteiger partial charge in [-0.25, -0.2) is 14.2 Å². The molecule has 0 bridgehead atoms. The Morgan fingerprint density at radius 3 is 2.72 bits per heavy atom. The van der Waals surface area contributed by atoms with Gasteiger partial charge in [-0.15, -0.1) is 0 Å². The van der Waals surface area contributed by atoms with Gasteiger partial charge in [0.25, 0.3) is 0 Å². The Balaban J connectivity index is 1.68. The van der Waals surface area contributed by atoms with Crippen LogP contribution in [0.2, 0.25) is 5.02 Å². The molecule has 2 N–H and O–H groups in total. The molecule has 8 heteroatoms. The number of hydrogen-bond donors (Lipinski definition) is 2. The van der Waals surface area contributed by atoms with Crippen LogP contribution in [0.1, 0.15) is 5.56 Å². The molecular formula is C21H20ClN5OS. The highest BCUT2D eigenvalue weighted by Crippen LogP contribution is 2.32. The van der Waals surface area contributed by atoms with Crippen molar-refractivity contribution in [3.05, 3.63) is 65.4 Å². The normalized spacial score (nSPS) is 11.6. The van der Waals surface area contributed by atoms with E-state index in [1.54, 1.807) is 30.8 Å². The maximum absolute atomic E-state index is 11.9. The molecule has 2 heterocycles. The lowest BCUT2D eigenvalue weighted by Gasteiger charge is -2.10. The van der Waals surface area contributed by atoms with Crippen LogP contribution in [0.4, 0.5) is 17.3 Å². The number of rotatable bonds is 4.